The van der Waals surface area contributed by atoms with Gasteiger partial charge in [-0.3, -0.25) is 19.4 Å². The Morgan fingerprint density at radius 2 is 1.95 bits per heavy atom. The van der Waals surface area contributed by atoms with Crippen molar-refractivity contribution in [3.05, 3.63) is 15.9 Å². The zero-order chi connectivity index (χ0) is 15.0. The van der Waals surface area contributed by atoms with Crippen LogP contribution in [-0.4, -0.2) is 32.9 Å². The SMILES string of the molecule is CC(C)[C@H]1SCC(=O)Nc2c1c(=O)[nH]n2C1CCSCC1. The maximum Gasteiger partial charge on any atom is 0.270 e. The van der Waals surface area contributed by atoms with E-state index in [2.05, 4.69) is 24.3 Å². The van der Waals surface area contributed by atoms with Crippen LogP contribution in [-0.2, 0) is 4.79 Å². The Morgan fingerprint density at radius 3 is 2.62 bits per heavy atom. The minimum atomic E-state index is -0.0448. The molecule has 0 saturated carbocycles. The van der Waals surface area contributed by atoms with E-state index in [9.17, 15) is 9.59 Å². The van der Waals surface area contributed by atoms with E-state index in [1.54, 1.807) is 11.8 Å². The Bertz CT molecular complexity index is 588. The fraction of sp³-hybridized carbons (Fsp3) is 0.714. The molecule has 0 unspecified atom stereocenters. The second kappa shape index (κ2) is 6.12. The van der Waals surface area contributed by atoms with Crippen LogP contribution in [0.1, 0.15) is 43.5 Å². The van der Waals surface area contributed by atoms with Crippen LogP contribution < -0.4 is 10.9 Å². The van der Waals surface area contributed by atoms with Crippen molar-refractivity contribution in [2.24, 2.45) is 5.92 Å². The predicted octanol–water partition coefficient (Wildman–Crippen LogP) is 2.63. The first-order chi connectivity index (χ1) is 10.1. The smallest absolute Gasteiger partial charge is 0.270 e. The number of aromatic amines is 1. The van der Waals surface area contributed by atoms with Crippen LogP contribution in [0, 0.1) is 5.92 Å². The highest BCUT2D eigenvalue weighted by atomic mass is 32.2. The fourth-order valence-electron chi connectivity index (χ4n) is 3.01. The van der Waals surface area contributed by atoms with Gasteiger partial charge in [-0.25, -0.2) is 0 Å². The summed E-state index contributed by atoms with van der Waals surface area (Å²) < 4.78 is 1.93. The third kappa shape index (κ3) is 2.90. The number of carbonyl (C=O) groups excluding carboxylic acids is 1. The molecule has 1 amide bonds. The molecule has 3 heterocycles. The standard InChI is InChI=1S/C14H21N3O2S2/c1-8(2)12-11-13(15-10(18)7-21-12)17(16-14(11)19)9-3-5-20-6-4-9/h8-9,12H,3-7H2,1-2H3,(H,15,18)(H,16,19)/t12-/m1/s1. The molecular formula is C14H21N3O2S2. The van der Waals surface area contributed by atoms with Crippen LogP contribution >= 0.6 is 23.5 Å². The molecule has 2 aliphatic rings. The van der Waals surface area contributed by atoms with Crippen LogP contribution in [0.5, 0.6) is 0 Å². The molecule has 0 aromatic carbocycles. The largest absolute Gasteiger partial charge is 0.310 e. The number of fused-ring (bicyclic) bond motifs is 1. The molecule has 116 valence electrons. The number of carbonyl (C=O) groups is 1. The van der Waals surface area contributed by atoms with Gasteiger partial charge in [0.25, 0.3) is 5.56 Å². The third-order valence-electron chi connectivity index (χ3n) is 4.06. The molecule has 7 heteroatoms. The van der Waals surface area contributed by atoms with Crippen molar-refractivity contribution < 1.29 is 4.79 Å². The molecule has 0 bridgehead atoms. The number of H-pyrrole nitrogens is 1. The minimum Gasteiger partial charge on any atom is -0.310 e. The summed E-state index contributed by atoms with van der Waals surface area (Å²) in [5, 5.41) is 6.01. The highest BCUT2D eigenvalue weighted by Gasteiger charge is 2.32. The summed E-state index contributed by atoms with van der Waals surface area (Å²) in [5.41, 5.74) is 0.704. The number of hydrogen-bond donors (Lipinski definition) is 2. The number of nitrogens with one attached hydrogen (secondary N) is 2. The van der Waals surface area contributed by atoms with Crippen molar-refractivity contribution in [2.75, 3.05) is 22.6 Å². The van der Waals surface area contributed by atoms with Crippen molar-refractivity contribution in [2.45, 2.75) is 38.0 Å². The maximum atomic E-state index is 12.5. The molecule has 5 nitrogen and oxygen atoms in total. The number of rotatable bonds is 2. The summed E-state index contributed by atoms with van der Waals surface area (Å²) in [6.07, 6.45) is 2.08. The van der Waals surface area contributed by atoms with E-state index >= 15 is 0 Å². The van der Waals surface area contributed by atoms with Crippen molar-refractivity contribution in [1.29, 1.82) is 0 Å². The predicted molar refractivity (Wildman–Crippen MR) is 89.3 cm³/mol. The first-order valence-electron chi connectivity index (χ1n) is 7.41. The van der Waals surface area contributed by atoms with Crippen LogP contribution in [0.2, 0.25) is 0 Å². The lowest BCUT2D eigenvalue weighted by atomic mass is 10.0. The molecule has 1 aromatic rings. The van der Waals surface area contributed by atoms with Crippen LogP contribution in [0.25, 0.3) is 0 Å². The molecule has 2 N–H and O–H groups in total. The van der Waals surface area contributed by atoms with Crippen LogP contribution in [0.15, 0.2) is 4.79 Å². The van der Waals surface area contributed by atoms with Gasteiger partial charge in [0.05, 0.1) is 17.4 Å². The number of amides is 1. The van der Waals surface area contributed by atoms with Gasteiger partial charge >= 0.3 is 0 Å². The van der Waals surface area contributed by atoms with Gasteiger partial charge in [-0.2, -0.15) is 11.8 Å². The number of anilines is 1. The number of aromatic nitrogens is 2. The minimum absolute atomic E-state index is 0.0117. The quantitative estimate of drug-likeness (QED) is 0.876. The lowest BCUT2D eigenvalue weighted by Crippen LogP contribution is -2.22. The molecular weight excluding hydrogens is 306 g/mol. The average molecular weight is 327 g/mol. The third-order valence-corrected chi connectivity index (χ3v) is 6.68. The Balaban J connectivity index is 2.06. The highest BCUT2D eigenvalue weighted by Crippen LogP contribution is 2.41. The van der Waals surface area contributed by atoms with E-state index in [1.807, 2.05) is 16.4 Å². The van der Waals surface area contributed by atoms with Gasteiger partial charge in [-0.15, -0.1) is 11.8 Å². The van der Waals surface area contributed by atoms with E-state index in [-0.39, 0.29) is 16.7 Å². The summed E-state index contributed by atoms with van der Waals surface area (Å²) >= 11 is 3.52. The van der Waals surface area contributed by atoms with Gasteiger partial charge < -0.3 is 5.32 Å². The summed E-state index contributed by atoms with van der Waals surface area (Å²) in [6, 6.07) is 0.291. The van der Waals surface area contributed by atoms with Gasteiger partial charge in [0.2, 0.25) is 5.91 Å². The zero-order valence-corrected chi connectivity index (χ0v) is 14.0. The lowest BCUT2D eigenvalue weighted by Gasteiger charge is -2.24. The normalized spacial score (nSPS) is 23.8. The lowest BCUT2D eigenvalue weighted by molar-refractivity contribution is -0.113. The summed E-state index contributed by atoms with van der Waals surface area (Å²) in [7, 11) is 0. The molecule has 2 aliphatic heterocycles. The summed E-state index contributed by atoms with van der Waals surface area (Å²) in [5.74, 6) is 3.65. The Morgan fingerprint density at radius 1 is 1.24 bits per heavy atom. The van der Waals surface area contributed by atoms with Crippen LogP contribution in [0.4, 0.5) is 5.82 Å². The molecule has 0 spiro atoms. The Kier molecular flexibility index (Phi) is 4.40. The Hall–Kier alpha value is -0.820. The number of thioether (sulfide) groups is 2. The van der Waals surface area contributed by atoms with Crippen molar-refractivity contribution in [1.82, 2.24) is 9.78 Å². The van der Waals surface area contributed by atoms with E-state index in [1.165, 1.54) is 0 Å². The summed E-state index contributed by atoms with van der Waals surface area (Å²) in [6.45, 7) is 4.20. The van der Waals surface area contributed by atoms with E-state index in [4.69, 9.17) is 0 Å². The van der Waals surface area contributed by atoms with Crippen molar-refractivity contribution >= 4 is 35.2 Å². The molecule has 3 rings (SSSR count). The molecule has 0 radical (unpaired) electrons. The second-order valence-electron chi connectivity index (χ2n) is 5.94. The molecule has 1 saturated heterocycles. The molecule has 1 atom stereocenters. The van der Waals surface area contributed by atoms with E-state index in [0.717, 1.165) is 29.9 Å². The number of nitrogens with zero attached hydrogens (tertiary/aromatic N) is 1. The molecule has 21 heavy (non-hydrogen) atoms. The molecule has 1 aromatic heterocycles. The first kappa shape index (κ1) is 15.1. The van der Waals surface area contributed by atoms with Crippen LogP contribution in [0.3, 0.4) is 0 Å². The van der Waals surface area contributed by atoms with Gasteiger partial charge in [0.1, 0.15) is 5.82 Å². The molecule has 0 aliphatic carbocycles. The van der Waals surface area contributed by atoms with Gasteiger partial charge in [-0.1, -0.05) is 13.8 Å². The molecule has 1 fully saturated rings. The summed E-state index contributed by atoms with van der Waals surface area (Å²) in [4.78, 5) is 24.4. The van der Waals surface area contributed by atoms with E-state index < -0.39 is 0 Å². The topological polar surface area (TPSA) is 66.9 Å². The average Bonchev–Trinajstić information content (AvgIpc) is 2.67. The monoisotopic (exact) mass is 327 g/mol. The number of hydrogen-bond acceptors (Lipinski definition) is 4. The van der Waals surface area contributed by atoms with E-state index in [0.29, 0.717) is 23.5 Å². The van der Waals surface area contributed by atoms with Gasteiger partial charge in [0, 0.05) is 5.25 Å². The van der Waals surface area contributed by atoms with Gasteiger partial charge in [-0.05, 0) is 30.3 Å². The second-order valence-corrected chi connectivity index (χ2v) is 8.30. The maximum absolute atomic E-state index is 12.5. The Labute approximate surface area is 132 Å². The zero-order valence-electron chi connectivity index (χ0n) is 12.3. The van der Waals surface area contributed by atoms with Gasteiger partial charge in [0.15, 0.2) is 0 Å². The van der Waals surface area contributed by atoms with Crippen molar-refractivity contribution in [3.8, 4) is 0 Å². The van der Waals surface area contributed by atoms with Crippen molar-refractivity contribution in [3.63, 3.8) is 0 Å². The highest BCUT2D eigenvalue weighted by molar-refractivity contribution is 8.00. The first-order valence-corrected chi connectivity index (χ1v) is 9.62. The fourth-order valence-corrected chi connectivity index (χ4v) is 5.27.